The first kappa shape index (κ1) is 39.0. The molecule has 2 nitrogen and oxygen atoms in total. The Hall–Kier alpha value is -5.58. The van der Waals surface area contributed by atoms with Gasteiger partial charge < -0.3 is 9.80 Å². The average molecular weight is 837 g/mol. The Labute approximate surface area is 378 Å². The second-order valence-corrected chi connectivity index (χ2v) is 23.1. The summed E-state index contributed by atoms with van der Waals surface area (Å²) in [7, 11) is 0. The molecule has 8 aromatic rings. The molecule has 0 fully saturated rings. The number of hydrogen-bond acceptors (Lipinski definition) is 3. The summed E-state index contributed by atoms with van der Waals surface area (Å²) in [4.78, 5) is 5.36. The van der Waals surface area contributed by atoms with Crippen molar-refractivity contribution in [2.24, 2.45) is 0 Å². The summed E-state index contributed by atoms with van der Waals surface area (Å²) in [6, 6.07) is 49.6. The molecule has 4 aliphatic rings. The molecule has 12 rings (SSSR count). The number of aryl methyl sites for hydroxylation is 2. The highest BCUT2D eigenvalue weighted by molar-refractivity contribution is 7.28. The van der Waals surface area contributed by atoms with Crippen LogP contribution in [0.1, 0.15) is 108 Å². The third kappa shape index (κ3) is 5.49. The fraction of sp³-hybridized carbons (Fsp3) is 0.288. The highest BCUT2D eigenvalue weighted by Gasteiger charge is 2.49. The van der Waals surface area contributed by atoms with Crippen LogP contribution in [-0.4, -0.2) is 6.71 Å². The van der Waals surface area contributed by atoms with Crippen LogP contribution in [0.5, 0.6) is 0 Å². The molecular formula is C59H57BN2S. The molecule has 0 N–H and O–H groups in total. The van der Waals surface area contributed by atoms with E-state index < -0.39 is 0 Å². The SMILES string of the molecule is Cc1cc2c(cc1N1c3cc4c(cc3B3c5c1cc(-c1ccccc1)cc5N(c1ccccc1C)c1ccc5c(sc6ccccc65)c13)C(C)(C)CC4(C)C)C(C)(C)CCC2(C)C. The van der Waals surface area contributed by atoms with Crippen molar-refractivity contribution in [1.29, 1.82) is 0 Å². The van der Waals surface area contributed by atoms with Crippen molar-refractivity contribution in [3.05, 3.63) is 161 Å². The fourth-order valence-corrected chi connectivity index (χ4v) is 14.1. The summed E-state index contributed by atoms with van der Waals surface area (Å²) >= 11 is 1.98. The molecule has 7 aromatic carbocycles. The van der Waals surface area contributed by atoms with Gasteiger partial charge in [0.25, 0.3) is 6.71 Å². The number of anilines is 6. The molecular weight excluding hydrogens is 780 g/mol. The molecule has 0 saturated heterocycles. The average Bonchev–Trinajstić information content (AvgIpc) is 3.72. The topological polar surface area (TPSA) is 6.48 Å². The molecule has 0 saturated carbocycles. The summed E-state index contributed by atoms with van der Waals surface area (Å²) in [5.41, 5.74) is 23.3. The maximum Gasteiger partial charge on any atom is 0.254 e. The molecule has 63 heavy (non-hydrogen) atoms. The zero-order valence-electron chi connectivity index (χ0n) is 38.6. The molecule has 2 aliphatic heterocycles. The van der Waals surface area contributed by atoms with Crippen LogP contribution in [0.3, 0.4) is 0 Å². The number of rotatable bonds is 3. The van der Waals surface area contributed by atoms with E-state index in [4.69, 9.17) is 0 Å². The summed E-state index contributed by atoms with van der Waals surface area (Å²) in [6.45, 7) is 24.5. The molecule has 0 amide bonds. The third-order valence-corrected chi connectivity index (χ3v) is 17.2. The predicted octanol–water partition coefficient (Wildman–Crippen LogP) is 14.7. The van der Waals surface area contributed by atoms with Crippen molar-refractivity contribution < 1.29 is 0 Å². The zero-order chi connectivity index (χ0) is 43.5. The lowest BCUT2D eigenvalue weighted by molar-refractivity contribution is 0.332. The first-order valence-corrected chi connectivity index (χ1v) is 24.0. The van der Waals surface area contributed by atoms with Gasteiger partial charge in [0.05, 0.1) is 0 Å². The molecule has 312 valence electrons. The summed E-state index contributed by atoms with van der Waals surface area (Å²) < 4.78 is 2.74. The quantitative estimate of drug-likeness (QED) is 0.164. The van der Waals surface area contributed by atoms with Gasteiger partial charge in [0.1, 0.15) is 0 Å². The summed E-state index contributed by atoms with van der Waals surface area (Å²) in [5, 5.41) is 2.70. The lowest BCUT2D eigenvalue weighted by atomic mass is 9.33. The number of nitrogens with zero attached hydrogens (tertiary/aromatic N) is 2. The van der Waals surface area contributed by atoms with Gasteiger partial charge in [-0.2, -0.15) is 0 Å². The monoisotopic (exact) mass is 836 g/mol. The Kier molecular flexibility index (Phi) is 8.06. The second kappa shape index (κ2) is 13.0. The van der Waals surface area contributed by atoms with E-state index in [0.717, 1.165) is 6.42 Å². The van der Waals surface area contributed by atoms with Crippen molar-refractivity contribution in [3.63, 3.8) is 0 Å². The van der Waals surface area contributed by atoms with E-state index in [0.29, 0.717) is 0 Å². The van der Waals surface area contributed by atoms with Crippen molar-refractivity contribution in [1.82, 2.24) is 0 Å². The van der Waals surface area contributed by atoms with Gasteiger partial charge in [-0.3, -0.25) is 0 Å². The lowest BCUT2D eigenvalue weighted by Gasteiger charge is -2.47. The minimum atomic E-state index is 0.0243. The number of benzene rings is 7. The summed E-state index contributed by atoms with van der Waals surface area (Å²) in [6.07, 6.45) is 3.50. The molecule has 4 heteroatoms. The van der Waals surface area contributed by atoms with Gasteiger partial charge in [0.2, 0.25) is 0 Å². The maximum atomic E-state index is 2.73. The first-order valence-electron chi connectivity index (χ1n) is 23.2. The van der Waals surface area contributed by atoms with Gasteiger partial charge in [-0.25, -0.2) is 0 Å². The Morgan fingerprint density at radius 2 is 1.03 bits per heavy atom. The van der Waals surface area contributed by atoms with E-state index in [1.54, 1.807) is 0 Å². The van der Waals surface area contributed by atoms with Crippen molar-refractivity contribution in [3.8, 4) is 11.1 Å². The first-order chi connectivity index (χ1) is 30.0. The van der Waals surface area contributed by atoms with Gasteiger partial charge in [-0.05, 0) is 164 Å². The van der Waals surface area contributed by atoms with Gasteiger partial charge in [-0.15, -0.1) is 11.3 Å². The molecule has 0 bridgehead atoms. The lowest BCUT2D eigenvalue weighted by Crippen LogP contribution is -2.61. The minimum absolute atomic E-state index is 0.0243. The van der Waals surface area contributed by atoms with Crippen LogP contribution in [0.25, 0.3) is 31.3 Å². The number of para-hydroxylation sites is 1. The normalized spacial score (nSPS) is 18.2. The van der Waals surface area contributed by atoms with Crippen LogP contribution in [0.2, 0.25) is 0 Å². The van der Waals surface area contributed by atoms with Crippen LogP contribution in [0, 0.1) is 13.8 Å². The summed E-state index contributed by atoms with van der Waals surface area (Å²) in [5.74, 6) is 0. The standard InChI is InChI=1S/C59H57BN2S/c1-35-18-14-16-22-46(35)61-47-25-24-40-39-21-15-17-23-52(39)63-55(40)54(47)60-45-31-42-44(59(9,10)34-58(42,7)8)33-49(45)62(51-30-38(29-50(61)53(51)60)37-19-12-11-13-20-37)48-32-43-41(28-36(48)2)56(3,4)26-27-57(43,5)6/h11-25,28-33H,26-27,34H2,1-10H3. The molecule has 0 atom stereocenters. The van der Waals surface area contributed by atoms with Crippen LogP contribution in [-0.2, 0) is 21.7 Å². The van der Waals surface area contributed by atoms with E-state index in [1.165, 1.54) is 128 Å². The Morgan fingerprint density at radius 3 is 1.75 bits per heavy atom. The molecule has 0 spiro atoms. The van der Waals surface area contributed by atoms with E-state index in [9.17, 15) is 0 Å². The molecule has 0 unspecified atom stereocenters. The van der Waals surface area contributed by atoms with Crippen LogP contribution < -0.4 is 26.2 Å². The van der Waals surface area contributed by atoms with Crippen LogP contribution in [0.4, 0.5) is 34.1 Å². The van der Waals surface area contributed by atoms with Gasteiger partial charge in [-0.1, -0.05) is 140 Å². The molecule has 3 heterocycles. The number of thiophene rings is 1. The van der Waals surface area contributed by atoms with Crippen LogP contribution >= 0.6 is 11.3 Å². The van der Waals surface area contributed by atoms with E-state index >= 15 is 0 Å². The van der Waals surface area contributed by atoms with Crippen molar-refractivity contribution in [2.45, 2.75) is 110 Å². The van der Waals surface area contributed by atoms with E-state index in [1.807, 2.05) is 11.3 Å². The van der Waals surface area contributed by atoms with Crippen LogP contribution in [0.15, 0.2) is 127 Å². The van der Waals surface area contributed by atoms with E-state index in [2.05, 4.69) is 206 Å². The Balaban J connectivity index is 1.27. The fourth-order valence-electron chi connectivity index (χ4n) is 12.8. The number of hydrogen-bond donors (Lipinski definition) is 0. The smallest absolute Gasteiger partial charge is 0.254 e. The molecule has 2 aliphatic carbocycles. The molecule has 1 aromatic heterocycles. The largest absolute Gasteiger partial charge is 0.311 e. The Morgan fingerprint density at radius 1 is 0.444 bits per heavy atom. The van der Waals surface area contributed by atoms with Gasteiger partial charge in [0.15, 0.2) is 0 Å². The number of fused-ring (bicyclic) bond motifs is 10. The third-order valence-electron chi connectivity index (χ3n) is 15.9. The Bertz CT molecular complexity index is 3260. The van der Waals surface area contributed by atoms with Gasteiger partial charge in [0, 0.05) is 48.9 Å². The van der Waals surface area contributed by atoms with E-state index in [-0.39, 0.29) is 28.4 Å². The second-order valence-electron chi connectivity index (χ2n) is 22.0. The van der Waals surface area contributed by atoms with Crippen molar-refractivity contribution in [2.75, 3.05) is 9.80 Å². The maximum absolute atomic E-state index is 2.73. The highest BCUT2D eigenvalue weighted by atomic mass is 32.1. The highest BCUT2D eigenvalue weighted by Crippen LogP contribution is 2.55. The van der Waals surface area contributed by atoms with Gasteiger partial charge >= 0.3 is 0 Å². The molecule has 0 radical (unpaired) electrons. The van der Waals surface area contributed by atoms with Crippen molar-refractivity contribution >= 4 is 88.7 Å². The predicted molar refractivity (Wildman–Crippen MR) is 274 cm³/mol. The zero-order valence-corrected chi connectivity index (χ0v) is 39.4. The minimum Gasteiger partial charge on any atom is -0.311 e.